The Hall–Kier alpha value is -2.72. The van der Waals surface area contributed by atoms with Gasteiger partial charge in [0.15, 0.2) is 5.75 Å². The molecular formula is C17H24N2O8. The number of hydrogen-bond acceptors (Lipinski definition) is 8. The summed E-state index contributed by atoms with van der Waals surface area (Å²) in [7, 11) is 2.55. The number of methoxy groups -OCH3 is 2. The van der Waals surface area contributed by atoms with Crippen molar-refractivity contribution in [2.24, 2.45) is 5.92 Å². The van der Waals surface area contributed by atoms with E-state index in [1.54, 1.807) is 6.92 Å². The number of ether oxygens (including phenoxy) is 3. The molecule has 0 saturated carbocycles. The van der Waals surface area contributed by atoms with Gasteiger partial charge in [-0.1, -0.05) is 6.92 Å². The Morgan fingerprint density at radius 2 is 2.00 bits per heavy atom. The molecule has 1 rings (SSSR count). The van der Waals surface area contributed by atoms with Crippen molar-refractivity contribution in [2.75, 3.05) is 47.1 Å². The van der Waals surface area contributed by atoms with E-state index in [4.69, 9.17) is 14.6 Å². The third-order valence-electron chi connectivity index (χ3n) is 3.75. The summed E-state index contributed by atoms with van der Waals surface area (Å²) in [6, 6.07) is 3.89. The lowest BCUT2D eigenvalue weighted by molar-refractivity contribution is -0.385. The quantitative estimate of drug-likeness (QED) is 0.257. The summed E-state index contributed by atoms with van der Waals surface area (Å²) in [4.78, 5) is 36.4. The number of nitrogens with zero attached hydrogens (tertiary/aromatic N) is 2. The third-order valence-corrected chi connectivity index (χ3v) is 3.75. The molecule has 27 heavy (non-hydrogen) atoms. The molecule has 1 aromatic carbocycles. The van der Waals surface area contributed by atoms with Crippen LogP contribution >= 0.6 is 0 Å². The summed E-state index contributed by atoms with van der Waals surface area (Å²) < 4.78 is 14.8. The van der Waals surface area contributed by atoms with E-state index in [2.05, 4.69) is 4.74 Å². The molecule has 0 aliphatic rings. The zero-order chi connectivity index (χ0) is 20.4. The molecule has 0 aliphatic carbocycles. The van der Waals surface area contributed by atoms with E-state index in [0.29, 0.717) is 0 Å². The number of carbonyl (C=O) groups is 2. The predicted octanol–water partition coefficient (Wildman–Crippen LogP) is 0.864. The molecule has 0 fully saturated rings. The van der Waals surface area contributed by atoms with Gasteiger partial charge in [-0.15, -0.1) is 0 Å². The highest BCUT2D eigenvalue weighted by Crippen LogP contribution is 2.28. The van der Waals surface area contributed by atoms with E-state index < -0.39 is 22.7 Å². The van der Waals surface area contributed by atoms with Crippen LogP contribution < -0.4 is 4.74 Å². The number of esters is 1. The number of aliphatic hydroxyl groups excluding tert-OH is 1. The van der Waals surface area contributed by atoms with Gasteiger partial charge in [-0.2, -0.15) is 0 Å². The molecule has 1 atom stereocenters. The standard InChI is InChI=1S/C17H24N2O8/c1-12(17(22)26-3)11-18(6-8-27-9-7-20)16(21)13-4-5-15(25-2)14(10-13)19(23)24/h4-5,10,12,20H,6-9,11H2,1-3H3. The molecule has 0 aliphatic heterocycles. The van der Waals surface area contributed by atoms with Crippen LogP contribution in [0, 0.1) is 16.0 Å². The van der Waals surface area contributed by atoms with Gasteiger partial charge < -0.3 is 24.2 Å². The Morgan fingerprint density at radius 3 is 2.56 bits per heavy atom. The van der Waals surface area contributed by atoms with Crippen LogP contribution in [0.1, 0.15) is 17.3 Å². The monoisotopic (exact) mass is 384 g/mol. The summed E-state index contributed by atoms with van der Waals surface area (Å²) in [5.41, 5.74) is -0.248. The second-order valence-electron chi connectivity index (χ2n) is 5.66. The van der Waals surface area contributed by atoms with Crippen molar-refractivity contribution in [3.05, 3.63) is 33.9 Å². The maximum Gasteiger partial charge on any atom is 0.311 e. The smallest absolute Gasteiger partial charge is 0.311 e. The van der Waals surface area contributed by atoms with Crippen LogP contribution in [0.4, 0.5) is 5.69 Å². The van der Waals surface area contributed by atoms with Gasteiger partial charge in [-0.25, -0.2) is 0 Å². The van der Waals surface area contributed by atoms with E-state index in [1.165, 1.54) is 31.3 Å². The summed E-state index contributed by atoms with van der Waals surface area (Å²) in [6.07, 6.45) is 0. The summed E-state index contributed by atoms with van der Waals surface area (Å²) in [5.74, 6) is -1.53. The van der Waals surface area contributed by atoms with Crippen molar-refractivity contribution >= 4 is 17.6 Å². The zero-order valence-corrected chi connectivity index (χ0v) is 15.5. The van der Waals surface area contributed by atoms with Crippen LogP contribution in [0.5, 0.6) is 5.75 Å². The van der Waals surface area contributed by atoms with E-state index >= 15 is 0 Å². The lowest BCUT2D eigenvalue weighted by Crippen LogP contribution is -2.39. The first kappa shape index (κ1) is 22.3. The summed E-state index contributed by atoms with van der Waals surface area (Å²) in [5, 5.41) is 19.9. The molecule has 0 radical (unpaired) electrons. The fourth-order valence-electron chi connectivity index (χ4n) is 2.37. The van der Waals surface area contributed by atoms with Crippen molar-refractivity contribution in [2.45, 2.75) is 6.92 Å². The molecule has 150 valence electrons. The van der Waals surface area contributed by atoms with Crippen LogP contribution in [0.15, 0.2) is 18.2 Å². The van der Waals surface area contributed by atoms with Gasteiger partial charge in [-0.3, -0.25) is 19.7 Å². The van der Waals surface area contributed by atoms with E-state index in [0.717, 1.165) is 6.07 Å². The first-order valence-electron chi connectivity index (χ1n) is 8.23. The average Bonchev–Trinajstić information content (AvgIpc) is 2.68. The number of aliphatic hydroxyl groups is 1. The van der Waals surface area contributed by atoms with Crippen molar-refractivity contribution < 1.29 is 33.8 Å². The van der Waals surface area contributed by atoms with Gasteiger partial charge in [0, 0.05) is 24.7 Å². The van der Waals surface area contributed by atoms with Crippen molar-refractivity contribution in [3.8, 4) is 5.75 Å². The Morgan fingerprint density at radius 1 is 1.30 bits per heavy atom. The normalized spacial score (nSPS) is 11.6. The molecule has 0 heterocycles. The van der Waals surface area contributed by atoms with Gasteiger partial charge in [0.25, 0.3) is 5.91 Å². The maximum absolute atomic E-state index is 12.8. The molecule has 0 saturated heterocycles. The second-order valence-corrected chi connectivity index (χ2v) is 5.66. The topological polar surface area (TPSA) is 128 Å². The highest BCUT2D eigenvalue weighted by atomic mass is 16.6. The van der Waals surface area contributed by atoms with Crippen LogP contribution in [0.2, 0.25) is 0 Å². The van der Waals surface area contributed by atoms with Gasteiger partial charge in [-0.05, 0) is 12.1 Å². The lowest BCUT2D eigenvalue weighted by Gasteiger charge is -2.25. The van der Waals surface area contributed by atoms with Gasteiger partial charge in [0.1, 0.15) is 0 Å². The zero-order valence-electron chi connectivity index (χ0n) is 15.5. The molecule has 1 aromatic rings. The molecular weight excluding hydrogens is 360 g/mol. The fourth-order valence-corrected chi connectivity index (χ4v) is 2.37. The van der Waals surface area contributed by atoms with E-state index in [-0.39, 0.29) is 49.9 Å². The van der Waals surface area contributed by atoms with E-state index in [1.807, 2.05) is 0 Å². The maximum atomic E-state index is 12.8. The second kappa shape index (κ2) is 11.1. The Balaban J connectivity index is 3.04. The van der Waals surface area contributed by atoms with Crippen LogP contribution in [-0.4, -0.2) is 73.9 Å². The minimum atomic E-state index is -0.638. The van der Waals surface area contributed by atoms with Gasteiger partial charge in [0.2, 0.25) is 0 Å². The van der Waals surface area contributed by atoms with Crippen LogP contribution in [0.3, 0.4) is 0 Å². The van der Waals surface area contributed by atoms with Gasteiger partial charge in [0.05, 0.1) is 44.9 Å². The van der Waals surface area contributed by atoms with Crippen LogP contribution in [0.25, 0.3) is 0 Å². The van der Waals surface area contributed by atoms with Crippen LogP contribution in [-0.2, 0) is 14.3 Å². The van der Waals surface area contributed by atoms with Gasteiger partial charge >= 0.3 is 11.7 Å². The predicted molar refractivity (Wildman–Crippen MR) is 94.6 cm³/mol. The average molecular weight is 384 g/mol. The number of hydrogen-bond donors (Lipinski definition) is 1. The summed E-state index contributed by atoms with van der Waals surface area (Å²) in [6.45, 7) is 1.89. The molecule has 10 heteroatoms. The highest BCUT2D eigenvalue weighted by molar-refractivity contribution is 5.95. The minimum Gasteiger partial charge on any atom is -0.490 e. The minimum absolute atomic E-state index is 0.0392. The number of nitro benzene ring substituents is 1. The first-order valence-corrected chi connectivity index (χ1v) is 8.23. The lowest BCUT2D eigenvalue weighted by atomic mass is 10.1. The van der Waals surface area contributed by atoms with Crippen molar-refractivity contribution in [3.63, 3.8) is 0 Å². The molecule has 1 amide bonds. The first-order chi connectivity index (χ1) is 12.8. The SMILES string of the molecule is COC(=O)C(C)CN(CCOCCO)C(=O)c1ccc(OC)c([N+](=O)[O-])c1. The Kier molecular flexibility index (Phi) is 9.17. The number of nitro groups is 1. The largest absolute Gasteiger partial charge is 0.490 e. The number of carbonyl (C=O) groups excluding carboxylic acids is 2. The Labute approximate surface area is 156 Å². The third kappa shape index (κ3) is 6.50. The number of amides is 1. The molecule has 1 unspecified atom stereocenters. The molecule has 0 bridgehead atoms. The number of benzene rings is 1. The molecule has 10 nitrogen and oxygen atoms in total. The Bertz CT molecular complexity index is 664. The fraction of sp³-hybridized carbons (Fsp3) is 0.529. The molecule has 0 aromatic heterocycles. The highest BCUT2D eigenvalue weighted by Gasteiger charge is 2.25. The number of rotatable bonds is 11. The molecule has 0 spiro atoms. The van der Waals surface area contributed by atoms with E-state index in [9.17, 15) is 19.7 Å². The summed E-state index contributed by atoms with van der Waals surface area (Å²) >= 11 is 0. The van der Waals surface area contributed by atoms with Crippen molar-refractivity contribution in [1.82, 2.24) is 4.90 Å². The molecule has 1 N–H and O–H groups in total. The van der Waals surface area contributed by atoms with Crippen molar-refractivity contribution in [1.29, 1.82) is 0 Å².